The lowest BCUT2D eigenvalue weighted by atomic mass is 10.2. The Morgan fingerprint density at radius 1 is 1.24 bits per heavy atom. The summed E-state index contributed by atoms with van der Waals surface area (Å²) in [4.78, 5) is 8.84. The van der Waals surface area contributed by atoms with E-state index < -0.39 is 0 Å². The van der Waals surface area contributed by atoms with Crippen LogP contribution in [0.4, 0.5) is 17.3 Å². The SMILES string of the molecule is CNc1nc(-c2ccc(N)cc2)nc(NCCO)c1C=N. The van der Waals surface area contributed by atoms with E-state index >= 15 is 0 Å². The quantitative estimate of drug-likeness (QED) is 0.401. The van der Waals surface area contributed by atoms with Gasteiger partial charge in [0.2, 0.25) is 0 Å². The average molecular weight is 286 g/mol. The predicted octanol–water partition coefficient (Wildman–Crippen LogP) is 1.17. The van der Waals surface area contributed by atoms with Crippen LogP contribution >= 0.6 is 0 Å². The number of hydrogen-bond donors (Lipinski definition) is 5. The van der Waals surface area contributed by atoms with Crippen LogP contribution in [0.15, 0.2) is 24.3 Å². The summed E-state index contributed by atoms with van der Waals surface area (Å²) in [5.41, 5.74) is 7.72. The van der Waals surface area contributed by atoms with Crippen LogP contribution in [0.2, 0.25) is 0 Å². The van der Waals surface area contributed by atoms with Gasteiger partial charge in [0, 0.05) is 31.1 Å². The van der Waals surface area contributed by atoms with Crippen LogP contribution in [0.1, 0.15) is 5.56 Å². The van der Waals surface area contributed by atoms with Gasteiger partial charge in [-0.2, -0.15) is 0 Å². The minimum atomic E-state index is -0.0203. The molecular weight excluding hydrogens is 268 g/mol. The molecule has 21 heavy (non-hydrogen) atoms. The Bertz CT molecular complexity index is 626. The van der Waals surface area contributed by atoms with E-state index in [0.29, 0.717) is 35.3 Å². The first-order valence-corrected chi connectivity index (χ1v) is 6.50. The molecule has 7 nitrogen and oxygen atoms in total. The van der Waals surface area contributed by atoms with Gasteiger partial charge in [-0.15, -0.1) is 0 Å². The van der Waals surface area contributed by atoms with Crippen LogP contribution in [-0.4, -0.2) is 41.5 Å². The minimum Gasteiger partial charge on any atom is -0.399 e. The van der Waals surface area contributed by atoms with E-state index in [4.69, 9.17) is 16.2 Å². The molecule has 0 unspecified atom stereocenters. The first-order valence-electron chi connectivity index (χ1n) is 6.50. The van der Waals surface area contributed by atoms with Crippen molar-refractivity contribution in [1.29, 1.82) is 5.41 Å². The van der Waals surface area contributed by atoms with Gasteiger partial charge in [-0.3, -0.25) is 0 Å². The molecule has 0 radical (unpaired) electrons. The highest BCUT2D eigenvalue weighted by Crippen LogP contribution is 2.24. The van der Waals surface area contributed by atoms with E-state index in [1.165, 1.54) is 6.21 Å². The number of hydrogen-bond acceptors (Lipinski definition) is 7. The monoisotopic (exact) mass is 286 g/mol. The molecule has 0 aliphatic carbocycles. The smallest absolute Gasteiger partial charge is 0.163 e. The van der Waals surface area contributed by atoms with Crippen molar-refractivity contribution in [3.63, 3.8) is 0 Å². The molecule has 0 atom stereocenters. The second-order valence-corrected chi connectivity index (χ2v) is 4.32. The van der Waals surface area contributed by atoms with E-state index in [2.05, 4.69) is 20.6 Å². The van der Waals surface area contributed by atoms with Gasteiger partial charge < -0.3 is 26.9 Å². The summed E-state index contributed by atoms with van der Waals surface area (Å²) in [6.45, 7) is 0.329. The Hall–Kier alpha value is -2.67. The summed E-state index contributed by atoms with van der Waals surface area (Å²) >= 11 is 0. The lowest BCUT2D eigenvalue weighted by molar-refractivity contribution is 0.311. The number of nitrogen functional groups attached to an aromatic ring is 1. The zero-order chi connectivity index (χ0) is 15.2. The van der Waals surface area contributed by atoms with Crippen LogP contribution in [0, 0.1) is 5.41 Å². The second-order valence-electron chi connectivity index (χ2n) is 4.32. The summed E-state index contributed by atoms with van der Waals surface area (Å²) in [6.07, 6.45) is 1.18. The van der Waals surface area contributed by atoms with Crippen LogP contribution in [0.25, 0.3) is 11.4 Å². The highest BCUT2D eigenvalue weighted by molar-refractivity contribution is 5.91. The standard InChI is InChI=1S/C14H18N6O/c1-17-13-11(8-15)14(18-6-7-21)20-12(19-13)9-2-4-10(16)5-3-9/h2-5,8,15,21H,6-7,16H2,1H3,(H2,17,18,19,20). The molecule has 0 bridgehead atoms. The lowest BCUT2D eigenvalue weighted by Gasteiger charge is -2.13. The molecule has 1 heterocycles. The Morgan fingerprint density at radius 2 is 1.90 bits per heavy atom. The van der Waals surface area contributed by atoms with Crippen molar-refractivity contribution in [2.45, 2.75) is 0 Å². The number of rotatable bonds is 6. The van der Waals surface area contributed by atoms with E-state index in [-0.39, 0.29) is 6.61 Å². The van der Waals surface area contributed by atoms with Crippen molar-refractivity contribution in [3.8, 4) is 11.4 Å². The third kappa shape index (κ3) is 3.26. The molecule has 2 aromatic rings. The van der Waals surface area contributed by atoms with Gasteiger partial charge in [-0.25, -0.2) is 9.97 Å². The first-order chi connectivity index (χ1) is 10.2. The van der Waals surface area contributed by atoms with Crippen molar-refractivity contribution in [1.82, 2.24) is 9.97 Å². The van der Waals surface area contributed by atoms with Crippen LogP contribution < -0.4 is 16.4 Å². The first kappa shape index (κ1) is 14.7. The number of benzene rings is 1. The average Bonchev–Trinajstić information content (AvgIpc) is 2.52. The van der Waals surface area contributed by atoms with Crippen molar-refractivity contribution in [3.05, 3.63) is 29.8 Å². The molecule has 0 amide bonds. The van der Waals surface area contributed by atoms with E-state index in [0.717, 1.165) is 5.56 Å². The maximum atomic E-state index is 8.94. The molecule has 0 aliphatic rings. The summed E-state index contributed by atoms with van der Waals surface area (Å²) in [7, 11) is 1.73. The Labute approximate surface area is 122 Å². The van der Waals surface area contributed by atoms with E-state index in [9.17, 15) is 0 Å². The van der Waals surface area contributed by atoms with Crippen LogP contribution in [0.3, 0.4) is 0 Å². The van der Waals surface area contributed by atoms with Gasteiger partial charge in [-0.05, 0) is 24.3 Å². The maximum Gasteiger partial charge on any atom is 0.163 e. The van der Waals surface area contributed by atoms with Gasteiger partial charge in [0.15, 0.2) is 5.82 Å². The Kier molecular flexibility index (Phi) is 4.68. The molecule has 1 aromatic heterocycles. The molecule has 110 valence electrons. The third-order valence-electron chi connectivity index (χ3n) is 2.90. The van der Waals surface area contributed by atoms with Gasteiger partial charge in [0.1, 0.15) is 11.6 Å². The lowest BCUT2D eigenvalue weighted by Crippen LogP contribution is -2.12. The normalized spacial score (nSPS) is 10.2. The van der Waals surface area contributed by atoms with E-state index in [1.54, 1.807) is 19.2 Å². The van der Waals surface area contributed by atoms with Gasteiger partial charge in [0.05, 0.1) is 12.2 Å². The molecule has 1 aromatic carbocycles. The number of aromatic nitrogens is 2. The van der Waals surface area contributed by atoms with E-state index in [1.807, 2.05) is 12.1 Å². The molecule has 0 spiro atoms. The fourth-order valence-corrected chi connectivity index (χ4v) is 1.87. The summed E-state index contributed by atoms with van der Waals surface area (Å²) in [5, 5.41) is 22.4. The topological polar surface area (TPSA) is 120 Å². The summed E-state index contributed by atoms with van der Waals surface area (Å²) in [5.74, 6) is 1.57. The van der Waals surface area contributed by atoms with Crippen molar-refractivity contribution < 1.29 is 5.11 Å². The summed E-state index contributed by atoms with van der Waals surface area (Å²) in [6, 6.07) is 7.24. The number of nitrogens with two attached hydrogens (primary N) is 1. The zero-order valence-electron chi connectivity index (χ0n) is 11.7. The second kappa shape index (κ2) is 6.67. The number of nitrogens with zero attached hydrogens (tertiary/aromatic N) is 2. The largest absolute Gasteiger partial charge is 0.399 e. The fourth-order valence-electron chi connectivity index (χ4n) is 1.87. The molecule has 0 saturated heterocycles. The molecule has 2 rings (SSSR count). The third-order valence-corrected chi connectivity index (χ3v) is 2.90. The van der Waals surface area contributed by atoms with Crippen LogP contribution in [0.5, 0.6) is 0 Å². The van der Waals surface area contributed by atoms with Gasteiger partial charge in [-0.1, -0.05) is 0 Å². The van der Waals surface area contributed by atoms with Crippen LogP contribution in [-0.2, 0) is 0 Å². The molecular formula is C14H18N6O. The maximum absolute atomic E-state index is 8.94. The van der Waals surface area contributed by atoms with Gasteiger partial charge in [0.25, 0.3) is 0 Å². The Morgan fingerprint density at radius 3 is 2.48 bits per heavy atom. The number of aliphatic hydroxyl groups is 1. The molecule has 6 N–H and O–H groups in total. The minimum absolute atomic E-state index is 0.0203. The number of anilines is 3. The molecule has 7 heteroatoms. The fraction of sp³-hybridized carbons (Fsp3) is 0.214. The van der Waals surface area contributed by atoms with Crippen molar-refractivity contribution in [2.24, 2.45) is 0 Å². The van der Waals surface area contributed by atoms with Gasteiger partial charge >= 0.3 is 0 Å². The predicted molar refractivity (Wildman–Crippen MR) is 84.9 cm³/mol. The molecule has 0 aliphatic heterocycles. The number of aliphatic hydroxyl groups excluding tert-OH is 1. The molecule has 0 fully saturated rings. The zero-order valence-corrected chi connectivity index (χ0v) is 11.7. The summed E-state index contributed by atoms with van der Waals surface area (Å²) < 4.78 is 0. The van der Waals surface area contributed by atoms with Crippen molar-refractivity contribution in [2.75, 3.05) is 36.6 Å². The highest BCUT2D eigenvalue weighted by Gasteiger charge is 2.13. The highest BCUT2D eigenvalue weighted by atomic mass is 16.3. The molecule has 0 saturated carbocycles. The number of nitrogens with one attached hydrogen (secondary N) is 3. The Balaban J connectivity index is 2.51. The van der Waals surface area contributed by atoms with Crippen molar-refractivity contribution >= 4 is 23.5 Å².